The number of amides is 2. The second kappa shape index (κ2) is 10.7. The number of rotatable bonds is 9. The smallest absolute Gasteiger partial charge is 0.254 e. The summed E-state index contributed by atoms with van der Waals surface area (Å²) in [5.74, 6) is -0.826. The summed E-state index contributed by atoms with van der Waals surface area (Å²) in [6, 6.07) is 18.2. The van der Waals surface area contributed by atoms with E-state index in [9.17, 15) is 14.4 Å². The van der Waals surface area contributed by atoms with Crippen molar-refractivity contribution in [3.05, 3.63) is 117 Å². The summed E-state index contributed by atoms with van der Waals surface area (Å²) in [6.45, 7) is 1.04. The van der Waals surface area contributed by atoms with E-state index in [2.05, 4.69) is 15.5 Å². The zero-order chi connectivity index (χ0) is 26.6. The Balaban J connectivity index is 1.22. The molecule has 0 spiro atoms. The van der Waals surface area contributed by atoms with E-state index in [1.54, 1.807) is 45.9 Å². The van der Waals surface area contributed by atoms with Crippen molar-refractivity contribution in [2.45, 2.75) is 26.2 Å². The van der Waals surface area contributed by atoms with Gasteiger partial charge in [0.25, 0.3) is 11.5 Å². The molecule has 3 heterocycles. The van der Waals surface area contributed by atoms with Crippen molar-refractivity contribution in [3.8, 4) is 0 Å². The average Bonchev–Trinajstić information content (AvgIpc) is 3.49. The van der Waals surface area contributed by atoms with Gasteiger partial charge in [0.2, 0.25) is 5.91 Å². The van der Waals surface area contributed by atoms with Crippen molar-refractivity contribution in [3.63, 3.8) is 0 Å². The number of hydrogen-bond acceptors (Lipinski definition) is 5. The summed E-state index contributed by atoms with van der Waals surface area (Å²) in [5, 5.41) is 12.9. The van der Waals surface area contributed by atoms with Crippen LogP contribution in [-0.2, 0) is 31.0 Å². The molecule has 0 aliphatic carbocycles. The number of benzene rings is 2. The van der Waals surface area contributed by atoms with Crippen molar-refractivity contribution in [2.24, 2.45) is 5.73 Å². The van der Waals surface area contributed by atoms with E-state index in [0.717, 1.165) is 16.5 Å². The Kier molecular flexibility index (Phi) is 7.05. The molecule has 0 aliphatic heterocycles. The Labute approximate surface area is 222 Å². The molecular formula is C27H24ClN7O3. The first-order chi connectivity index (χ1) is 18.4. The van der Waals surface area contributed by atoms with Gasteiger partial charge in [-0.2, -0.15) is 10.2 Å². The Bertz CT molecular complexity index is 1690. The van der Waals surface area contributed by atoms with Crippen LogP contribution in [0.15, 0.2) is 84.0 Å². The van der Waals surface area contributed by atoms with Gasteiger partial charge in [0, 0.05) is 28.9 Å². The standard InChI is InChI=1S/C27H24ClN7O3/c28-21-8-9-24-22(11-21)23(32-35(24)17-25(29)36)13-30-27(38)20-12-31-34(16-20)15-19-6-4-18(5-7-19)14-33-10-2-1-3-26(33)37/h1-12,16H,13-15,17H2,(H2,29,36)(H,30,38). The maximum atomic E-state index is 12.8. The van der Waals surface area contributed by atoms with E-state index in [-0.39, 0.29) is 24.6 Å². The van der Waals surface area contributed by atoms with Gasteiger partial charge in [-0.05, 0) is 35.4 Å². The molecule has 0 unspecified atom stereocenters. The van der Waals surface area contributed by atoms with Gasteiger partial charge in [0.1, 0.15) is 6.54 Å². The molecule has 5 rings (SSSR count). The number of primary amides is 1. The van der Waals surface area contributed by atoms with Gasteiger partial charge in [0.05, 0.1) is 42.6 Å². The zero-order valence-electron chi connectivity index (χ0n) is 20.3. The highest BCUT2D eigenvalue weighted by atomic mass is 35.5. The summed E-state index contributed by atoms with van der Waals surface area (Å²) in [6.07, 6.45) is 4.94. The number of nitrogens with two attached hydrogens (primary N) is 1. The largest absolute Gasteiger partial charge is 0.368 e. The van der Waals surface area contributed by atoms with E-state index in [0.29, 0.717) is 34.9 Å². The molecule has 0 atom stereocenters. The van der Waals surface area contributed by atoms with Crippen LogP contribution in [0.25, 0.3) is 10.9 Å². The van der Waals surface area contributed by atoms with Crippen molar-refractivity contribution < 1.29 is 9.59 Å². The molecule has 192 valence electrons. The number of fused-ring (bicyclic) bond motifs is 1. The molecule has 38 heavy (non-hydrogen) atoms. The first kappa shape index (κ1) is 25.0. The maximum Gasteiger partial charge on any atom is 0.254 e. The highest BCUT2D eigenvalue weighted by Gasteiger charge is 2.15. The van der Waals surface area contributed by atoms with E-state index in [4.69, 9.17) is 17.3 Å². The fourth-order valence-electron chi connectivity index (χ4n) is 4.18. The van der Waals surface area contributed by atoms with Crippen molar-refractivity contribution in [1.29, 1.82) is 0 Å². The van der Waals surface area contributed by atoms with Gasteiger partial charge in [-0.25, -0.2) is 0 Å². The van der Waals surface area contributed by atoms with E-state index in [1.165, 1.54) is 16.9 Å². The van der Waals surface area contributed by atoms with Crippen molar-refractivity contribution in [2.75, 3.05) is 0 Å². The first-order valence-corrected chi connectivity index (χ1v) is 12.2. The minimum Gasteiger partial charge on any atom is -0.368 e. The molecule has 2 amide bonds. The number of aromatic nitrogens is 5. The quantitative estimate of drug-likeness (QED) is 0.303. The zero-order valence-corrected chi connectivity index (χ0v) is 21.0. The number of nitrogens with one attached hydrogen (secondary N) is 1. The predicted octanol–water partition coefficient (Wildman–Crippen LogP) is 2.56. The summed E-state index contributed by atoms with van der Waals surface area (Å²) in [4.78, 5) is 36.1. The van der Waals surface area contributed by atoms with E-state index >= 15 is 0 Å². The Hall–Kier alpha value is -4.70. The lowest BCUT2D eigenvalue weighted by Gasteiger charge is -2.07. The first-order valence-electron chi connectivity index (χ1n) is 11.8. The van der Waals surface area contributed by atoms with Gasteiger partial charge in [-0.1, -0.05) is 41.9 Å². The van der Waals surface area contributed by atoms with Crippen LogP contribution in [0.2, 0.25) is 5.02 Å². The molecule has 3 N–H and O–H groups in total. The number of halogens is 1. The highest BCUT2D eigenvalue weighted by molar-refractivity contribution is 6.31. The Morgan fingerprint density at radius 2 is 1.76 bits per heavy atom. The van der Waals surface area contributed by atoms with E-state index in [1.807, 2.05) is 30.3 Å². The molecule has 0 radical (unpaired) electrons. The number of pyridine rings is 1. The number of carbonyl (C=O) groups is 2. The Morgan fingerprint density at radius 3 is 2.50 bits per heavy atom. The van der Waals surface area contributed by atoms with Crippen LogP contribution >= 0.6 is 11.6 Å². The number of nitrogens with zero attached hydrogens (tertiary/aromatic N) is 5. The van der Waals surface area contributed by atoms with Crippen LogP contribution in [0.3, 0.4) is 0 Å². The minimum atomic E-state index is -0.520. The van der Waals surface area contributed by atoms with Gasteiger partial charge >= 0.3 is 0 Å². The lowest BCUT2D eigenvalue weighted by atomic mass is 10.1. The fraction of sp³-hybridized carbons (Fsp3) is 0.148. The van der Waals surface area contributed by atoms with Crippen LogP contribution in [0.1, 0.15) is 27.2 Å². The molecule has 11 heteroatoms. The van der Waals surface area contributed by atoms with Gasteiger partial charge in [-0.15, -0.1) is 0 Å². The minimum absolute atomic E-state index is 0.0464. The molecule has 0 fully saturated rings. The number of hydrogen-bond donors (Lipinski definition) is 2. The third-order valence-electron chi connectivity index (χ3n) is 6.03. The third kappa shape index (κ3) is 5.65. The normalized spacial score (nSPS) is 11.1. The fourth-order valence-corrected chi connectivity index (χ4v) is 4.35. The van der Waals surface area contributed by atoms with Gasteiger partial charge in [-0.3, -0.25) is 23.7 Å². The van der Waals surface area contributed by atoms with Crippen LogP contribution in [0, 0.1) is 0 Å². The summed E-state index contributed by atoms with van der Waals surface area (Å²) in [5.41, 5.74) is 8.99. The van der Waals surface area contributed by atoms with E-state index < -0.39 is 5.91 Å². The molecule has 10 nitrogen and oxygen atoms in total. The lowest BCUT2D eigenvalue weighted by Crippen LogP contribution is -2.23. The highest BCUT2D eigenvalue weighted by Crippen LogP contribution is 2.23. The van der Waals surface area contributed by atoms with Crippen LogP contribution < -0.4 is 16.6 Å². The molecular weight excluding hydrogens is 506 g/mol. The van der Waals surface area contributed by atoms with Crippen molar-refractivity contribution >= 4 is 34.3 Å². The van der Waals surface area contributed by atoms with Crippen LogP contribution in [-0.4, -0.2) is 35.9 Å². The number of carbonyl (C=O) groups excluding carboxylic acids is 2. The molecule has 0 bridgehead atoms. The monoisotopic (exact) mass is 529 g/mol. The van der Waals surface area contributed by atoms with Crippen molar-refractivity contribution in [1.82, 2.24) is 29.4 Å². The van der Waals surface area contributed by atoms with Crippen LogP contribution in [0.5, 0.6) is 0 Å². The third-order valence-corrected chi connectivity index (χ3v) is 6.26. The second-order valence-electron chi connectivity index (χ2n) is 8.82. The molecule has 0 saturated carbocycles. The maximum absolute atomic E-state index is 12.8. The average molecular weight is 530 g/mol. The molecule has 2 aromatic carbocycles. The second-order valence-corrected chi connectivity index (χ2v) is 9.26. The summed E-state index contributed by atoms with van der Waals surface area (Å²) in [7, 11) is 0. The Morgan fingerprint density at radius 1 is 1.00 bits per heavy atom. The lowest BCUT2D eigenvalue weighted by molar-refractivity contribution is -0.118. The molecule has 5 aromatic rings. The SMILES string of the molecule is NC(=O)Cn1nc(CNC(=O)c2cnn(Cc3ccc(Cn4ccccc4=O)cc3)c2)c2cc(Cl)ccc21. The molecule has 0 aliphatic rings. The van der Waals surface area contributed by atoms with Crippen LogP contribution in [0.4, 0.5) is 0 Å². The summed E-state index contributed by atoms with van der Waals surface area (Å²) >= 11 is 6.14. The topological polar surface area (TPSA) is 130 Å². The van der Waals surface area contributed by atoms with Gasteiger partial charge < -0.3 is 15.6 Å². The van der Waals surface area contributed by atoms with Gasteiger partial charge in [0.15, 0.2) is 0 Å². The molecule has 0 saturated heterocycles. The molecule has 3 aromatic heterocycles. The summed E-state index contributed by atoms with van der Waals surface area (Å²) < 4.78 is 4.83. The predicted molar refractivity (Wildman–Crippen MR) is 143 cm³/mol.